The van der Waals surface area contributed by atoms with Crippen molar-refractivity contribution < 1.29 is 23.9 Å². The number of nitrogens with zero attached hydrogens (tertiary/aromatic N) is 2. The van der Waals surface area contributed by atoms with Crippen LogP contribution in [0.3, 0.4) is 0 Å². The van der Waals surface area contributed by atoms with Crippen LogP contribution < -0.4 is 15.0 Å². The van der Waals surface area contributed by atoms with Crippen molar-refractivity contribution >= 4 is 29.0 Å². The van der Waals surface area contributed by atoms with Crippen LogP contribution in [-0.2, 0) is 16.0 Å². The van der Waals surface area contributed by atoms with Crippen LogP contribution in [0.5, 0.6) is 5.75 Å². The Morgan fingerprint density at radius 2 is 1.46 bits per heavy atom. The molecule has 0 fully saturated rings. The van der Waals surface area contributed by atoms with E-state index in [1.165, 1.54) is 7.11 Å². The minimum atomic E-state index is -0.720. The third kappa shape index (κ3) is 8.24. The van der Waals surface area contributed by atoms with Crippen LogP contribution in [0.4, 0.5) is 11.4 Å². The second-order valence-corrected chi connectivity index (χ2v) is 10.5. The molecule has 1 atom stereocenters. The lowest BCUT2D eigenvalue weighted by Crippen LogP contribution is -2.33. The van der Waals surface area contributed by atoms with Crippen molar-refractivity contribution in [3.8, 4) is 5.75 Å². The van der Waals surface area contributed by atoms with Crippen LogP contribution in [0.2, 0.25) is 0 Å². The topological polar surface area (TPSA) is 97.8 Å². The number of para-hydroxylation sites is 2. The smallest absolute Gasteiger partial charge is 0.328 e. The predicted molar refractivity (Wildman–Crippen MR) is 178 cm³/mol. The summed E-state index contributed by atoms with van der Waals surface area (Å²) in [4.78, 5) is 45.0. The molecule has 46 heavy (non-hydrogen) atoms. The molecule has 4 aromatic carbocycles. The summed E-state index contributed by atoms with van der Waals surface area (Å²) < 4.78 is 11.1. The molecule has 1 amide bonds. The van der Waals surface area contributed by atoms with Gasteiger partial charge in [-0.3, -0.25) is 14.6 Å². The normalized spacial score (nSPS) is 11.2. The van der Waals surface area contributed by atoms with Gasteiger partial charge in [-0.2, -0.15) is 0 Å². The van der Waals surface area contributed by atoms with Crippen LogP contribution in [0.15, 0.2) is 134 Å². The van der Waals surface area contributed by atoms with Crippen molar-refractivity contribution in [1.29, 1.82) is 0 Å². The summed E-state index contributed by atoms with van der Waals surface area (Å²) in [5, 5.41) is 3.24. The van der Waals surface area contributed by atoms with Gasteiger partial charge in [-0.15, -0.1) is 0 Å². The number of carbonyl (C=O) groups is 3. The molecular weight excluding hydrogens is 578 g/mol. The van der Waals surface area contributed by atoms with Crippen molar-refractivity contribution in [3.05, 3.63) is 156 Å². The number of hydrogen-bond donors (Lipinski definition) is 1. The first-order valence-electron chi connectivity index (χ1n) is 15.1. The summed E-state index contributed by atoms with van der Waals surface area (Å²) in [6, 6.07) is 36.0. The molecule has 0 saturated heterocycles. The van der Waals surface area contributed by atoms with E-state index in [1.807, 2.05) is 78.9 Å². The Morgan fingerprint density at radius 1 is 0.783 bits per heavy atom. The molecule has 1 heterocycles. The zero-order valence-corrected chi connectivity index (χ0v) is 25.5. The van der Waals surface area contributed by atoms with Gasteiger partial charge in [-0.05, 0) is 60.5 Å². The summed E-state index contributed by atoms with van der Waals surface area (Å²) in [6.07, 6.45) is 4.16. The highest BCUT2D eigenvalue weighted by Crippen LogP contribution is 2.23. The van der Waals surface area contributed by atoms with E-state index in [9.17, 15) is 14.4 Å². The maximum Gasteiger partial charge on any atom is 0.328 e. The molecule has 8 nitrogen and oxygen atoms in total. The van der Waals surface area contributed by atoms with E-state index in [2.05, 4.69) is 10.3 Å². The van der Waals surface area contributed by atoms with Gasteiger partial charge in [0.05, 0.1) is 19.3 Å². The number of esters is 1. The lowest BCUT2D eigenvalue weighted by atomic mass is 10.00. The highest BCUT2D eigenvalue weighted by atomic mass is 16.5. The SMILES string of the molecule is COC(=O)C(Cc1ccc(OCCCN(C(=O)c2cccnc2)c2ccccc2)cc1)Nc1ccccc1C(=O)c1ccccc1. The number of benzene rings is 4. The molecule has 5 rings (SSSR count). The van der Waals surface area contributed by atoms with E-state index in [0.29, 0.717) is 54.1 Å². The van der Waals surface area contributed by atoms with Gasteiger partial charge in [0, 0.05) is 47.9 Å². The van der Waals surface area contributed by atoms with Gasteiger partial charge in [0.2, 0.25) is 0 Å². The van der Waals surface area contributed by atoms with Gasteiger partial charge in [0.25, 0.3) is 5.91 Å². The summed E-state index contributed by atoms with van der Waals surface area (Å²) in [6.45, 7) is 0.873. The molecule has 0 saturated carbocycles. The monoisotopic (exact) mass is 613 g/mol. The Kier molecular flexibility index (Phi) is 10.9. The van der Waals surface area contributed by atoms with E-state index in [1.54, 1.807) is 59.8 Å². The molecule has 0 spiro atoms. The molecular formula is C38H35N3O5. The number of ether oxygens (including phenoxy) is 2. The number of pyridine rings is 1. The van der Waals surface area contributed by atoms with E-state index in [0.717, 1.165) is 11.3 Å². The van der Waals surface area contributed by atoms with E-state index in [4.69, 9.17) is 9.47 Å². The fourth-order valence-electron chi connectivity index (χ4n) is 5.05. The number of hydrogen-bond acceptors (Lipinski definition) is 7. The van der Waals surface area contributed by atoms with Crippen LogP contribution >= 0.6 is 0 Å². The summed E-state index contributed by atoms with van der Waals surface area (Å²) >= 11 is 0. The maximum atomic E-state index is 13.2. The van der Waals surface area contributed by atoms with E-state index in [-0.39, 0.29) is 11.7 Å². The number of rotatable bonds is 14. The number of amides is 1. The van der Waals surface area contributed by atoms with Crippen molar-refractivity contribution in [3.63, 3.8) is 0 Å². The lowest BCUT2D eigenvalue weighted by Gasteiger charge is -2.23. The highest BCUT2D eigenvalue weighted by molar-refractivity contribution is 6.12. The average molecular weight is 614 g/mol. The molecule has 0 aliphatic heterocycles. The number of ketones is 1. The van der Waals surface area contributed by atoms with Crippen molar-refractivity contribution in [2.75, 3.05) is 30.5 Å². The molecule has 1 aromatic heterocycles. The first-order valence-corrected chi connectivity index (χ1v) is 15.1. The lowest BCUT2D eigenvalue weighted by molar-refractivity contribution is -0.141. The molecule has 1 N–H and O–H groups in total. The third-order valence-corrected chi connectivity index (χ3v) is 7.40. The van der Waals surface area contributed by atoms with Crippen LogP contribution in [0.25, 0.3) is 0 Å². The fraction of sp³-hybridized carbons (Fsp3) is 0.158. The predicted octanol–water partition coefficient (Wildman–Crippen LogP) is 6.62. The van der Waals surface area contributed by atoms with Gasteiger partial charge >= 0.3 is 5.97 Å². The Morgan fingerprint density at radius 3 is 2.15 bits per heavy atom. The number of methoxy groups -OCH3 is 1. The molecule has 0 aliphatic carbocycles. The van der Waals surface area contributed by atoms with Crippen LogP contribution in [-0.4, -0.2) is 48.9 Å². The first kappa shape index (κ1) is 31.7. The minimum Gasteiger partial charge on any atom is -0.494 e. The number of aromatic nitrogens is 1. The fourth-order valence-corrected chi connectivity index (χ4v) is 5.05. The Labute approximate surface area is 268 Å². The zero-order valence-electron chi connectivity index (χ0n) is 25.5. The average Bonchev–Trinajstić information content (AvgIpc) is 3.12. The van der Waals surface area contributed by atoms with Gasteiger partial charge < -0.3 is 19.7 Å². The molecule has 0 bridgehead atoms. The minimum absolute atomic E-state index is 0.121. The molecule has 8 heteroatoms. The van der Waals surface area contributed by atoms with Crippen molar-refractivity contribution in [2.45, 2.75) is 18.9 Å². The standard InChI is InChI=1S/C38H35N3O5/c1-45-38(44)35(40-34-18-9-8-17-33(34)36(42)29-12-4-2-5-13-29)26-28-19-21-32(22-20-28)46-25-11-24-41(31-15-6-3-7-16-31)37(43)30-14-10-23-39-27-30/h2-10,12-23,27,35,40H,11,24-26H2,1H3. The second-order valence-electron chi connectivity index (χ2n) is 10.5. The largest absolute Gasteiger partial charge is 0.494 e. The Balaban J connectivity index is 1.19. The van der Waals surface area contributed by atoms with E-state index >= 15 is 0 Å². The maximum absolute atomic E-state index is 13.2. The number of carbonyl (C=O) groups excluding carboxylic acids is 3. The van der Waals surface area contributed by atoms with Gasteiger partial charge in [0.15, 0.2) is 5.78 Å². The van der Waals surface area contributed by atoms with Crippen molar-refractivity contribution in [1.82, 2.24) is 4.98 Å². The Bertz CT molecular complexity index is 1730. The van der Waals surface area contributed by atoms with Gasteiger partial charge in [-0.1, -0.05) is 72.8 Å². The molecule has 0 radical (unpaired) electrons. The van der Waals surface area contributed by atoms with E-state index < -0.39 is 12.0 Å². The quantitative estimate of drug-likeness (QED) is 0.0854. The zero-order chi connectivity index (χ0) is 32.1. The highest BCUT2D eigenvalue weighted by Gasteiger charge is 2.23. The van der Waals surface area contributed by atoms with Crippen molar-refractivity contribution in [2.24, 2.45) is 0 Å². The molecule has 0 aliphatic rings. The summed E-state index contributed by atoms with van der Waals surface area (Å²) in [5.74, 6) is -0.0207. The summed E-state index contributed by atoms with van der Waals surface area (Å²) in [5.41, 5.74) is 3.81. The third-order valence-electron chi connectivity index (χ3n) is 7.40. The van der Waals surface area contributed by atoms with Crippen LogP contribution in [0, 0.1) is 0 Å². The van der Waals surface area contributed by atoms with Crippen LogP contribution in [0.1, 0.15) is 38.3 Å². The molecule has 1 unspecified atom stereocenters. The Hall–Kier alpha value is -5.76. The second kappa shape index (κ2) is 15.8. The number of anilines is 2. The van der Waals surface area contributed by atoms with Gasteiger partial charge in [-0.25, -0.2) is 4.79 Å². The summed E-state index contributed by atoms with van der Waals surface area (Å²) in [7, 11) is 1.35. The first-order chi connectivity index (χ1) is 22.5. The van der Waals surface area contributed by atoms with Gasteiger partial charge in [0.1, 0.15) is 11.8 Å². The molecule has 5 aromatic rings. The number of nitrogens with one attached hydrogen (secondary N) is 1. The molecule has 232 valence electrons.